The second-order valence-electron chi connectivity index (χ2n) is 4.28. The molecular formula is C13H16N4OS. The Morgan fingerprint density at radius 2 is 2.21 bits per heavy atom. The van der Waals surface area contributed by atoms with Gasteiger partial charge in [0.2, 0.25) is 5.91 Å². The van der Waals surface area contributed by atoms with Gasteiger partial charge in [-0.1, -0.05) is 6.07 Å². The normalized spacial score (nSPS) is 11.9. The van der Waals surface area contributed by atoms with Gasteiger partial charge in [0.05, 0.1) is 11.9 Å². The molecule has 19 heavy (non-hydrogen) atoms. The first-order valence-corrected chi connectivity index (χ1v) is 6.69. The second-order valence-corrected chi connectivity index (χ2v) is 5.26. The zero-order valence-electron chi connectivity index (χ0n) is 10.8. The molecule has 100 valence electrons. The van der Waals surface area contributed by atoms with Crippen molar-refractivity contribution < 1.29 is 4.79 Å². The van der Waals surface area contributed by atoms with Crippen LogP contribution in [0.25, 0.3) is 0 Å². The predicted molar refractivity (Wildman–Crippen MR) is 78.4 cm³/mol. The summed E-state index contributed by atoms with van der Waals surface area (Å²) in [5.74, 6) is 0.599. The fraction of sp³-hybridized carbons (Fsp3) is 0.231. The molecule has 1 amide bonds. The average molecular weight is 276 g/mol. The van der Waals surface area contributed by atoms with E-state index in [1.807, 2.05) is 42.6 Å². The standard InChI is InChI=1S/C13H16N4OS/c1-17(2)11-6-5-9(8-15-11)16-13(18)12(14)10-4-3-7-19-10/h3-8,12H,14H2,1-2H3,(H,16,18). The number of amides is 1. The number of nitrogens with zero attached hydrogens (tertiary/aromatic N) is 2. The SMILES string of the molecule is CN(C)c1ccc(NC(=O)C(N)c2cccs2)cn1. The minimum absolute atomic E-state index is 0.234. The van der Waals surface area contributed by atoms with E-state index in [0.717, 1.165) is 10.7 Å². The van der Waals surface area contributed by atoms with Crippen LogP contribution in [0.4, 0.5) is 11.5 Å². The zero-order valence-corrected chi connectivity index (χ0v) is 11.6. The maximum atomic E-state index is 12.0. The lowest BCUT2D eigenvalue weighted by Crippen LogP contribution is -2.27. The van der Waals surface area contributed by atoms with E-state index in [9.17, 15) is 4.79 Å². The van der Waals surface area contributed by atoms with Crippen LogP contribution in [0.1, 0.15) is 10.9 Å². The van der Waals surface area contributed by atoms with Crippen molar-refractivity contribution in [3.63, 3.8) is 0 Å². The number of carbonyl (C=O) groups is 1. The summed E-state index contributed by atoms with van der Waals surface area (Å²) >= 11 is 1.47. The molecule has 0 fully saturated rings. The zero-order chi connectivity index (χ0) is 13.8. The van der Waals surface area contributed by atoms with Crippen molar-refractivity contribution in [3.8, 4) is 0 Å². The van der Waals surface area contributed by atoms with E-state index in [1.165, 1.54) is 11.3 Å². The lowest BCUT2D eigenvalue weighted by molar-refractivity contribution is -0.117. The van der Waals surface area contributed by atoms with Gasteiger partial charge in [0.25, 0.3) is 0 Å². The summed E-state index contributed by atoms with van der Waals surface area (Å²) in [6.45, 7) is 0. The van der Waals surface area contributed by atoms with Gasteiger partial charge in [-0.15, -0.1) is 11.3 Å². The summed E-state index contributed by atoms with van der Waals surface area (Å²) in [5.41, 5.74) is 6.52. The summed E-state index contributed by atoms with van der Waals surface area (Å²) in [7, 11) is 3.82. The molecule has 2 aromatic rings. The average Bonchev–Trinajstić information content (AvgIpc) is 2.92. The first kappa shape index (κ1) is 13.5. The van der Waals surface area contributed by atoms with Crippen molar-refractivity contribution in [1.29, 1.82) is 0 Å². The highest BCUT2D eigenvalue weighted by atomic mass is 32.1. The van der Waals surface area contributed by atoms with Crippen LogP contribution in [0, 0.1) is 0 Å². The molecule has 0 radical (unpaired) electrons. The molecule has 0 aliphatic carbocycles. The van der Waals surface area contributed by atoms with Crippen molar-refractivity contribution in [2.75, 3.05) is 24.3 Å². The van der Waals surface area contributed by atoms with E-state index >= 15 is 0 Å². The van der Waals surface area contributed by atoms with Crippen LogP contribution in [0.15, 0.2) is 35.8 Å². The van der Waals surface area contributed by atoms with E-state index in [1.54, 1.807) is 12.3 Å². The number of nitrogens with one attached hydrogen (secondary N) is 1. The van der Waals surface area contributed by atoms with Gasteiger partial charge in [-0.2, -0.15) is 0 Å². The number of hydrogen-bond donors (Lipinski definition) is 2. The second kappa shape index (κ2) is 5.81. The van der Waals surface area contributed by atoms with E-state index in [4.69, 9.17) is 5.73 Å². The van der Waals surface area contributed by atoms with Crippen LogP contribution >= 0.6 is 11.3 Å². The number of rotatable bonds is 4. The smallest absolute Gasteiger partial charge is 0.246 e. The van der Waals surface area contributed by atoms with Crippen LogP contribution in [-0.4, -0.2) is 25.0 Å². The number of aromatic nitrogens is 1. The Morgan fingerprint density at radius 1 is 1.42 bits per heavy atom. The van der Waals surface area contributed by atoms with E-state index in [2.05, 4.69) is 10.3 Å². The summed E-state index contributed by atoms with van der Waals surface area (Å²) in [4.78, 5) is 18.9. The number of anilines is 2. The first-order valence-electron chi connectivity index (χ1n) is 5.81. The minimum atomic E-state index is -0.645. The third kappa shape index (κ3) is 3.30. The number of carbonyl (C=O) groups excluding carboxylic acids is 1. The van der Waals surface area contributed by atoms with Crippen LogP contribution in [-0.2, 0) is 4.79 Å². The third-order valence-electron chi connectivity index (χ3n) is 2.61. The maximum Gasteiger partial charge on any atom is 0.246 e. The van der Waals surface area contributed by atoms with Crippen LogP contribution in [0.2, 0.25) is 0 Å². The van der Waals surface area contributed by atoms with E-state index < -0.39 is 6.04 Å². The van der Waals surface area contributed by atoms with E-state index in [0.29, 0.717) is 5.69 Å². The molecule has 2 aromatic heterocycles. The Labute approximate surface area is 116 Å². The highest BCUT2D eigenvalue weighted by molar-refractivity contribution is 7.10. The molecule has 0 bridgehead atoms. The Kier molecular flexibility index (Phi) is 4.13. The molecule has 0 aliphatic rings. The lowest BCUT2D eigenvalue weighted by Gasteiger charge is -2.13. The lowest BCUT2D eigenvalue weighted by atomic mass is 10.2. The van der Waals surface area contributed by atoms with Crippen molar-refractivity contribution in [2.24, 2.45) is 5.73 Å². The molecule has 0 aromatic carbocycles. The number of hydrogen-bond acceptors (Lipinski definition) is 5. The van der Waals surface area contributed by atoms with Gasteiger partial charge in [0.1, 0.15) is 11.9 Å². The van der Waals surface area contributed by atoms with Gasteiger partial charge in [-0.3, -0.25) is 4.79 Å². The largest absolute Gasteiger partial charge is 0.363 e. The molecule has 6 heteroatoms. The Morgan fingerprint density at radius 3 is 2.74 bits per heavy atom. The molecule has 5 nitrogen and oxygen atoms in total. The molecule has 0 aliphatic heterocycles. The summed E-state index contributed by atoms with van der Waals surface area (Å²) in [5, 5.41) is 4.66. The summed E-state index contributed by atoms with van der Waals surface area (Å²) in [6, 6.07) is 6.73. The van der Waals surface area contributed by atoms with E-state index in [-0.39, 0.29) is 5.91 Å². The third-order valence-corrected chi connectivity index (χ3v) is 3.56. The number of thiophene rings is 1. The van der Waals surface area contributed by atoms with Crippen LogP contribution in [0.3, 0.4) is 0 Å². The monoisotopic (exact) mass is 276 g/mol. The van der Waals surface area contributed by atoms with Crippen molar-refractivity contribution in [2.45, 2.75) is 6.04 Å². The molecule has 0 spiro atoms. The van der Waals surface area contributed by atoms with Crippen LogP contribution < -0.4 is 16.0 Å². The molecule has 2 rings (SSSR count). The number of nitrogens with two attached hydrogens (primary N) is 1. The number of pyridine rings is 1. The van der Waals surface area contributed by atoms with Gasteiger partial charge in [0.15, 0.2) is 0 Å². The fourth-order valence-electron chi connectivity index (χ4n) is 1.54. The molecule has 2 heterocycles. The topological polar surface area (TPSA) is 71.2 Å². The first-order chi connectivity index (χ1) is 9.08. The molecule has 1 atom stereocenters. The quantitative estimate of drug-likeness (QED) is 0.894. The van der Waals surface area contributed by atoms with Gasteiger partial charge < -0.3 is 16.0 Å². The Balaban J connectivity index is 2.02. The minimum Gasteiger partial charge on any atom is -0.363 e. The van der Waals surface area contributed by atoms with Crippen molar-refractivity contribution in [3.05, 3.63) is 40.7 Å². The molecule has 1 unspecified atom stereocenters. The summed E-state index contributed by atoms with van der Waals surface area (Å²) in [6.07, 6.45) is 1.62. The van der Waals surface area contributed by atoms with Gasteiger partial charge in [-0.05, 0) is 23.6 Å². The Hall–Kier alpha value is -1.92. The van der Waals surface area contributed by atoms with Crippen molar-refractivity contribution in [1.82, 2.24) is 4.98 Å². The highest BCUT2D eigenvalue weighted by Gasteiger charge is 2.16. The van der Waals surface area contributed by atoms with Gasteiger partial charge in [0, 0.05) is 19.0 Å². The molecule has 0 saturated heterocycles. The van der Waals surface area contributed by atoms with Crippen LogP contribution in [0.5, 0.6) is 0 Å². The maximum absolute atomic E-state index is 12.0. The summed E-state index contributed by atoms with van der Waals surface area (Å²) < 4.78 is 0. The Bertz CT molecular complexity index is 536. The van der Waals surface area contributed by atoms with Crippen molar-refractivity contribution >= 4 is 28.7 Å². The predicted octanol–water partition coefficient (Wildman–Crippen LogP) is 1.85. The van der Waals surface area contributed by atoms with Gasteiger partial charge >= 0.3 is 0 Å². The molecule has 3 N–H and O–H groups in total. The van der Waals surface area contributed by atoms with Gasteiger partial charge in [-0.25, -0.2) is 4.98 Å². The molecule has 0 saturated carbocycles. The fourth-order valence-corrected chi connectivity index (χ4v) is 2.27. The molecular weight excluding hydrogens is 260 g/mol. The highest BCUT2D eigenvalue weighted by Crippen LogP contribution is 2.19.